The maximum absolute atomic E-state index is 5.93. The van der Waals surface area contributed by atoms with Gasteiger partial charge in [0.1, 0.15) is 5.52 Å². The van der Waals surface area contributed by atoms with Gasteiger partial charge in [-0.25, -0.2) is 4.98 Å². The van der Waals surface area contributed by atoms with Crippen LogP contribution in [-0.4, -0.2) is 4.98 Å². The molecule has 96 valence electrons. The molecular formula is C16H16N2O. The molecule has 0 fully saturated rings. The van der Waals surface area contributed by atoms with Gasteiger partial charge in [0, 0.05) is 11.3 Å². The summed E-state index contributed by atoms with van der Waals surface area (Å²) in [5.74, 6) is 1.05. The normalized spacial score (nSPS) is 11.3. The number of nitrogens with two attached hydrogens (primary N) is 1. The van der Waals surface area contributed by atoms with E-state index in [1.54, 1.807) is 0 Å². The first-order valence-electron chi connectivity index (χ1n) is 6.40. The van der Waals surface area contributed by atoms with Crippen LogP contribution in [0.3, 0.4) is 0 Å². The van der Waals surface area contributed by atoms with Crippen LogP contribution in [0.2, 0.25) is 0 Å². The van der Waals surface area contributed by atoms with Crippen molar-refractivity contribution in [3.05, 3.63) is 48.0 Å². The Morgan fingerprint density at radius 1 is 1.05 bits per heavy atom. The molecule has 0 aliphatic carbocycles. The summed E-state index contributed by atoms with van der Waals surface area (Å²) in [6.45, 7) is 4.31. The van der Waals surface area contributed by atoms with E-state index in [9.17, 15) is 0 Å². The number of anilines is 1. The largest absolute Gasteiger partial charge is 0.436 e. The number of fused-ring (bicyclic) bond motifs is 1. The Balaban J connectivity index is 2.16. The van der Waals surface area contributed by atoms with Gasteiger partial charge < -0.3 is 10.2 Å². The molecule has 0 unspecified atom stereocenters. The minimum Gasteiger partial charge on any atom is -0.436 e. The van der Waals surface area contributed by atoms with Gasteiger partial charge in [-0.2, -0.15) is 0 Å². The summed E-state index contributed by atoms with van der Waals surface area (Å²) >= 11 is 0. The Hall–Kier alpha value is -2.29. The monoisotopic (exact) mass is 252 g/mol. The van der Waals surface area contributed by atoms with E-state index in [0.29, 0.717) is 11.8 Å². The number of oxazole rings is 1. The molecule has 0 saturated carbocycles. The summed E-state index contributed by atoms with van der Waals surface area (Å²) in [5, 5.41) is 0. The summed E-state index contributed by atoms with van der Waals surface area (Å²) in [5.41, 5.74) is 10.3. The van der Waals surface area contributed by atoms with Crippen LogP contribution in [0.15, 0.2) is 46.9 Å². The highest BCUT2D eigenvalue weighted by Gasteiger charge is 2.13. The summed E-state index contributed by atoms with van der Waals surface area (Å²) in [6.07, 6.45) is 0. The highest BCUT2D eigenvalue weighted by atomic mass is 16.3. The number of nitrogen functional groups attached to an aromatic ring is 1. The van der Waals surface area contributed by atoms with Crippen LogP contribution in [0.25, 0.3) is 22.6 Å². The molecule has 0 radical (unpaired) electrons. The SMILES string of the molecule is CC(C)c1cccc2nc(-c3ccc(N)cc3)oc12. The third-order valence-corrected chi connectivity index (χ3v) is 3.23. The first-order chi connectivity index (χ1) is 9.15. The van der Waals surface area contributed by atoms with E-state index in [-0.39, 0.29) is 0 Å². The standard InChI is InChI=1S/C16H16N2O/c1-10(2)13-4-3-5-14-15(13)19-16(18-14)11-6-8-12(17)9-7-11/h3-10H,17H2,1-2H3. The lowest BCUT2D eigenvalue weighted by Crippen LogP contribution is -1.86. The Morgan fingerprint density at radius 2 is 1.79 bits per heavy atom. The lowest BCUT2D eigenvalue weighted by Gasteiger charge is -2.03. The molecule has 1 heterocycles. The molecule has 0 amide bonds. The molecule has 0 atom stereocenters. The van der Waals surface area contributed by atoms with Gasteiger partial charge >= 0.3 is 0 Å². The maximum Gasteiger partial charge on any atom is 0.227 e. The summed E-state index contributed by atoms with van der Waals surface area (Å²) < 4.78 is 5.93. The van der Waals surface area contributed by atoms with E-state index in [1.807, 2.05) is 36.4 Å². The summed E-state index contributed by atoms with van der Waals surface area (Å²) in [6, 6.07) is 13.6. The quantitative estimate of drug-likeness (QED) is 0.695. The van der Waals surface area contributed by atoms with Crippen molar-refractivity contribution in [3.8, 4) is 11.5 Å². The fourth-order valence-corrected chi connectivity index (χ4v) is 2.17. The van der Waals surface area contributed by atoms with Gasteiger partial charge in [-0.15, -0.1) is 0 Å². The number of rotatable bonds is 2. The van der Waals surface area contributed by atoms with Gasteiger partial charge in [-0.1, -0.05) is 26.0 Å². The third-order valence-electron chi connectivity index (χ3n) is 3.23. The second-order valence-electron chi connectivity index (χ2n) is 4.99. The highest BCUT2D eigenvalue weighted by molar-refractivity contribution is 5.80. The zero-order valence-corrected chi connectivity index (χ0v) is 11.1. The molecule has 19 heavy (non-hydrogen) atoms. The Morgan fingerprint density at radius 3 is 2.47 bits per heavy atom. The molecule has 1 aromatic heterocycles. The van der Waals surface area contributed by atoms with Crippen molar-refractivity contribution in [1.29, 1.82) is 0 Å². The van der Waals surface area contributed by atoms with Crippen molar-refractivity contribution in [2.24, 2.45) is 0 Å². The first kappa shape index (κ1) is 11.8. The van der Waals surface area contributed by atoms with E-state index >= 15 is 0 Å². The van der Waals surface area contributed by atoms with Crippen LogP contribution in [-0.2, 0) is 0 Å². The number of para-hydroxylation sites is 1. The topological polar surface area (TPSA) is 52.0 Å². The molecule has 2 aromatic carbocycles. The van der Waals surface area contributed by atoms with Crippen molar-refractivity contribution in [2.45, 2.75) is 19.8 Å². The van der Waals surface area contributed by atoms with Gasteiger partial charge in [-0.3, -0.25) is 0 Å². The summed E-state index contributed by atoms with van der Waals surface area (Å²) in [4.78, 5) is 4.55. The van der Waals surface area contributed by atoms with E-state index in [2.05, 4.69) is 24.9 Å². The average molecular weight is 252 g/mol. The van der Waals surface area contributed by atoms with Crippen molar-refractivity contribution in [1.82, 2.24) is 4.98 Å². The molecule has 3 heteroatoms. The Kier molecular flexibility index (Phi) is 2.75. The van der Waals surface area contributed by atoms with Gasteiger partial charge in [-0.05, 0) is 41.8 Å². The van der Waals surface area contributed by atoms with Gasteiger partial charge in [0.15, 0.2) is 5.58 Å². The van der Waals surface area contributed by atoms with E-state index in [1.165, 1.54) is 5.56 Å². The fourth-order valence-electron chi connectivity index (χ4n) is 2.17. The van der Waals surface area contributed by atoms with Gasteiger partial charge in [0.25, 0.3) is 0 Å². The smallest absolute Gasteiger partial charge is 0.227 e. The molecule has 0 saturated heterocycles. The molecule has 3 nitrogen and oxygen atoms in total. The van der Waals surface area contributed by atoms with E-state index in [0.717, 1.165) is 22.4 Å². The minimum absolute atomic E-state index is 0.413. The van der Waals surface area contributed by atoms with Crippen LogP contribution in [0.5, 0.6) is 0 Å². The van der Waals surface area contributed by atoms with Crippen LogP contribution >= 0.6 is 0 Å². The van der Waals surface area contributed by atoms with Gasteiger partial charge in [0.05, 0.1) is 0 Å². The van der Waals surface area contributed by atoms with Crippen LogP contribution in [0.4, 0.5) is 5.69 Å². The average Bonchev–Trinajstić information content (AvgIpc) is 2.82. The molecule has 0 aliphatic rings. The van der Waals surface area contributed by atoms with Gasteiger partial charge in [0.2, 0.25) is 5.89 Å². The minimum atomic E-state index is 0.413. The van der Waals surface area contributed by atoms with Crippen LogP contribution in [0.1, 0.15) is 25.3 Å². The highest BCUT2D eigenvalue weighted by Crippen LogP contribution is 2.30. The van der Waals surface area contributed by atoms with Crippen LogP contribution < -0.4 is 5.73 Å². The number of nitrogens with zero attached hydrogens (tertiary/aromatic N) is 1. The zero-order chi connectivity index (χ0) is 13.4. The number of benzene rings is 2. The van der Waals surface area contributed by atoms with E-state index < -0.39 is 0 Å². The van der Waals surface area contributed by atoms with Crippen molar-refractivity contribution in [2.75, 3.05) is 5.73 Å². The zero-order valence-electron chi connectivity index (χ0n) is 11.1. The predicted octanol–water partition coefficient (Wildman–Crippen LogP) is 4.20. The predicted molar refractivity (Wildman–Crippen MR) is 77.9 cm³/mol. The molecule has 3 rings (SSSR count). The Labute approximate surface area is 112 Å². The lowest BCUT2D eigenvalue weighted by atomic mass is 10.0. The molecule has 3 aromatic rings. The third kappa shape index (κ3) is 2.08. The number of hydrogen-bond donors (Lipinski definition) is 1. The van der Waals surface area contributed by atoms with E-state index in [4.69, 9.17) is 10.2 Å². The lowest BCUT2D eigenvalue weighted by molar-refractivity contribution is 0.611. The number of aromatic nitrogens is 1. The van der Waals surface area contributed by atoms with Crippen molar-refractivity contribution in [3.63, 3.8) is 0 Å². The maximum atomic E-state index is 5.93. The second kappa shape index (κ2) is 4.43. The fraction of sp³-hybridized carbons (Fsp3) is 0.188. The molecular weight excluding hydrogens is 236 g/mol. The van der Waals surface area contributed by atoms with Crippen LogP contribution in [0, 0.1) is 0 Å². The van der Waals surface area contributed by atoms with Crippen molar-refractivity contribution >= 4 is 16.8 Å². The molecule has 2 N–H and O–H groups in total. The first-order valence-corrected chi connectivity index (χ1v) is 6.40. The summed E-state index contributed by atoms with van der Waals surface area (Å²) in [7, 11) is 0. The molecule has 0 aliphatic heterocycles. The molecule has 0 bridgehead atoms. The van der Waals surface area contributed by atoms with Crippen molar-refractivity contribution < 1.29 is 4.42 Å². The second-order valence-corrected chi connectivity index (χ2v) is 4.99. The number of hydrogen-bond acceptors (Lipinski definition) is 3. The molecule has 0 spiro atoms. The Bertz CT molecular complexity index is 711.